The summed E-state index contributed by atoms with van der Waals surface area (Å²) in [7, 11) is 0. The van der Waals surface area contributed by atoms with Gasteiger partial charge in [-0.05, 0) is 49.8 Å². The van der Waals surface area contributed by atoms with Crippen LogP contribution in [0.15, 0.2) is 35.4 Å². The van der Waals surface area contributed by atoms with Crippen molar-refractivity contribution in [2.75, 3.05) is 11.6 Å². The first kappa shape index (κ1) is 22.5. The van der Waals surface area contributed by atoms with Gasteiger partial charge < -0.3 is 5.32 Å². The highest BCUT2D eigenvalue weighted by Crippen LogP contribution is 2.43. The number of nitrogens with zero attached hydrogens (tertiary/aromatic N) is 1. The van der Waals surface area contributed by atoms with Crippen LogP contribution in [0.25, 0.3) is 0 Å². The normalized spacial score (nSPS) is 17.0. The number of halogens is 5. The van der Waals surface area contributed by atoms with Crippen molar-refractivity contribution in [3.05, 3.63) is 52.8 Å². The van der Waals surface area contributed by atoms with Crippen LogP contribution in [0.1, 0.15) is 58.8 Å². The van der Waals surface area contributed by atoms with Crippen LogP contribution < -0.4 is 5.32 Å². The van der Waals surface area contributed by atoms with Crippen molar-refractivity contribution in [2.24, 2.45) is 0 Å². The van der Waals surface area contributed by atoms with Crippen LogP contribution in [0.5, 0.6) is 0 Å². The molecule has 1 saturated carbocycles. The third-order valence-corrected chi connectivity index (χ3v) is 6.06. The Morgan fingerprint density at radius 3 is 2.50 bits per heavy atom. The largest absolute Gasteiger partial charge is 0.418 e. The minimum atomic E-state index is -4.68. The summed E-state index contributed by atoms with van der Waals surface area (Å²) in [6.07, 6.45) is -2.75. The van der Waals surface area contributed by atoms with E-state index < -0.39 is 29.5 Å². The highest BCUT2D eigenvalue weighted by molar-refractivity contribution is 7.98. The molecule has 1 aromatic carbocycles. The van der Waals surface area contributed by atoms with Gasteiger partial charge in [0, 0.05) is 35.5 Å². The number of rotatable bonds is 4. The van der Waals surface area contributed by atoms with Crippen LogP contribution in [0.3, 0.4) is 0 Å². The van der Waals surface area contributed by atoms with Crippen molar-refractivity contribution in [1.29, 1.82) is 0 Å². The number of benzene rings is 1. The summed E-state index contributed by atoms with van der Waals surface area (Å²) >= 11 is 1.46. The highest BCUT2D eigenvalue weighted by Gasteiger charge is 2.40. The Morgan fingerprint density at radius 2 is 1.90 bits per heavy atom. The van der Waals surface area contributed by atoms with E-state index in [0.29, 0.717) is 11.9 Å². The van der Waals surface area contributed by atoms with E-state index in [9.17, 15) is 26.7 Å². The number of carbonyl (C=O) groups is 1. The zero-order valence-electron chi connectivity index (χ0n) is 16.4. The molecule has 1 heterocycles. The van der Waals surface area contributed by atoms with Gasteiger partial charge in [-0.2, -0.15) is 13.2 Å². The summed E-state index contributed by atoms with van der Waals surface area (Å²) < 4.78 is 67.4. The monoisotopic (exact) mass is 444 g/mol. The van der Waals surface area contributed by atoms with Gasteiger partial charge in [-0.15, -0.1) is 11.8 Å². The van der Waals surface area contributed by atoms with E-state index in [-0.39, 0.29) is 42.5 Å². The SMILES string of the molecule is CSc1cccc(NC(=O)c2c(C3CCC(F)(F)CC3)ncc(C(F)(F)F)c2C)c1. The molecule has 0 saturated heterocycles. The lowest BCUT2D eigenvalue weighted by Gasteiger charge is -2.29. The number of anilines is 1. The fourth-order valence-electron chi connectivity index (χ4n) is 3.71. The molecule has 1 aromatic heterocycles. The Kier molecular flexibility index (Phi) is 6.40. The maximum absolute atomic E-state index is 13.6. The molecular weight excluding hydrogens is 423 g/mol. The van der Waals surface area contributed by atoms with Crippen molar-refractivity contribution >= 4 is 23.4 Å². The molecule has 162 valence electrons. The Balaban J connectivity index is 2.01. The van der Waals surface area contributed by atoms with E-state index in [1.165, 1.54) is 18.7 Å². The molecule has 3 rings (SSSR count). The van der Waals surface area contributed by atoms with E-state index in [0.717, 1.165) is 4.90 Å². The lowest BCUT2D eigenvalue weighted by Crippen LogP contribution is -2.27. The van der Waals surface area contributed by atoms with Crippen molar-refractivity contribution in [3.8, 4) is 0 Å². The maximum Gasteiger partial charge on any atom is 0.418 e. The standard InChI is InChI=1S/C21H21F5N2OS/c1-12-16(21(24,25)26)11-27-18(13-6-8-20(22,23)9-7-13)17(12)19(29)28-14-4-3-5-15(10-14)30-2/h3-5,10-11,13H,6-9H2,1-2H3,(H,28,29). The van der Waals surface area contributed by atoms with Gasteiger partial charge in [0.05, 0.1) is 16.8 Å². The predicted octanol–water partition coefficient (Wildman–Crippen LogP) is 6.68. The number of alkyl halides is 5. The van der Waals surface area contributed by atoms with Gasteiger partial charge >= 0.3 is 6.18 Å². The average molecular weight is 444 g/mol. The van der Waals surface area contributed by atoms with E-state index >= 15 is 0 Å². The molecule has 0 atom stereocenters. The zero-order chi connectivity index (χ0) is 22.1. The molecule has 30 heavy (non-hydrogen) atoms. The van der Waals surface area contributed by atoms with Gasteiger partial charge in [0.2, 0.25) is 5.92 Å². The molecule has 2 aromatic rings. The number of aromatic nitrogens is 1. The fourth-order valence-corrected chi connectivity index (χ4v) is 4.17. The third kappa shape index (κ3) is 4.94. The molecule has 0 aliphatic heterocycles. The maximum atomic E-state index is 13.6. The van der Waals surface area contributed by atoms with Gasteiger partial charge in [-0.25, -0.2) is 8.78 Å². The second-order valence-corrected chi connectivity index (χ2v) is 8.25. The van der Waals surface area contributed by atoms with Gasteiger partial charge in [0.1, 0.15) is 0 Å². The summed E-state index contributed by atoms with van der Waals surface area (Å²) in [5.74, 6) is -4.02. The van der Waals surface area contributed by atoms with Gasteiger partial charge in [-0.3, -0.25) is 9.78 Å². The minimum Gasteiger partial charge on any atom is -0.322 e. The van der Waals surface area contributed by atoms with Crippen LogP contribution in [0.4, 0.5) is 27.6 Å². The first-order chi connectivity index (χ1) is 14.0. The molecule has 1 amide bonds. The number of hydrogen-bond donors (Lipinski definition) is 1. The fraction of sp³-hybridized carbons (Fsp3) is 0.429. The van der Waals surface area contributed by atoms with Gasteiger partial charge in [0.25, 0.3) is 5.91 Å². The van der Waals surface area contributed by atoms with Crippen molar-refractivity contribution in [2.45, 2.75) is 55.5 Å². The number of pyridine rings is 1. The van der Waals surface area contributed by atoms with Crippen molar-refractivity contribution in [3.63, 3.8) is 0 Å². The number of thioether (sulfide) groups is 1. The van der Waals surface area contributed by atoms with Crippen LogP contribution in [0, 0.1) is 6.92 Å². The Labute approximate surface area is 175 Å². The third-order valence-electron chi connectivity index (χ3n) is 5.33. The summed E-state index contributed by atoms with van der Waals surface area (Å²) in [4.78, 5) is 17.9. The molecule has 1 aliphatic rings. The second-order valence-electron chi connectivity index (χ2n) is 7.37. The van der Waals surface area contributed by atoms with Crippen LogP contribution in [-0.4, -0.2) is 23.1 Å². The molecule has 0 unspecified atom stereocenters. The first-order valence-corrected chi connectivity index (χ1v) is 10.6. The molecular formula is C21H21F5N2OS. The lowest BCUT2D eigenvalue weighted by atomic mass is 9.81. The summed E-state index contributed by atoms with van der Waals surface area (Å²) in [6.45, 7) is 1.22. The second kappa shape index (κ2) is 8.53. The topological polar surface area (TPSA) is 42.0 Å². The predicted molar refractivity (Wildman–Crippen MR) is 106 cm³/mol. The Morgan fingerprint density at radius 1 is 1.23 bits per heavy atom. The summed E-state index contributed by atoms with van der Waals surface area (Å²) in [5, 5.41) is 2.64. The van der Waals surface area contributed by atoms with E-state index in [2.05, 4.69) is 10.3 Å². The lowest BCUT2D eigenvalue weighted by molar-refractivity contribution is -0.138. The average Bonchev–Trinajstić information content (AvgIpc) is 2.66. The quantitative estimate of drug-likeness (QED) is 0.423. The Bertz CT molecular complexity index is 935. The number of carbonyl (C=O) groups excluding carboxylic acids is 1. The summed E-state index contributed by atoms with van der Waals surface area (Å²) in [6, 6.07) is 6.91. The van der Waals surface area contributed by atoms with E-state index in [1.54, 1.807) is 18.2 Å². The molecule has 0 bridgehead atoms. The summed E-state index contributed by atoms with van der Waals surface area (Å²) in [5.41, 5.74) is -0.854. The van der Waals surface area contributed by atoms with Crippen LogP contribution >= 0.6 is 11.8 Å². The minimum absolute atomic E-state index is 0.0625. The van der Waals surface area contributed by atoms with Crippen LogP contribution in [0.2, 0.25) is 0 Å². The van der Waals surface area contributed by atoms with Crippen molar-refractivity contribution in [1.82, 2.24) is 4.98 Å². The molecule has 9 heteroatoms. The first-order valence-electron chi connectivity index (χ1n) is 9.42. The number of hydrogen-bond acceptors (Lipinski definition) is 3. The van der Waals surface area contributed by atoms with Crippen molar-refractivity contribution < 1.29 is 26.7 Å². The van der Waals surface area contributed by atoms with Gasteiger partial charge in [-0.1, -0.05) is 6.07 Å². The molecule has 0 radical (unpaired) electrons. The van der Waals surface area contributed by atoms with Gasteiger partial charge in [0.15, 0.2) is 0 Å². The highest BCUT2D eigenvalue weighted by atomic mass is 32.2. The molecule has 1 N–H and O–H groups in total. The molecule has 3 nitrogen and oxygen atoms in total. The number of amides is 1. The molecule has 1 aliphatic carbocycles. The molecule has 1 fully saturated rings. The van der Waals surface area contributed by atoms with E-state index in [1.807, 2.05) is 12.3 Å². The smallest absolute Gasteiger partial charge is 0.322 e. The Hall–Kier alpha value is -2.16. The molecule has 0 spiro atoms. The zero-order valence-corrected chi connectivity index (χ0v) is 17.3. The van der Waals surface area contributed by atoms with E-state index in [4.69, 9.17) is 0 Å². The number of nitrogens with one attached hydrogen (secondary N) is 1. The van der Waals surface area contributed by atoms with Crippen LogP contribution in [-0.2, 0) is 6.18 Å².